The molecule has 0 aromatic rings. The Morgan fingerprint density at radius 2 is 2.12 bits per heavy atom. The van der Waals surface area contributed by atoms with Crippen LogP contribution in [0, 0.1) is 5.92 Å². The molecule has 1 fully saturated rings. The molecule has 1 amide bonds. The van der Waals surface area contributed by atoms with Gasteiger partial charge >= 0.3 is 0 Å². The molecule has 0 saturated carbocycles. The number of rotatable bonds is 5. The molecule has 0 radical (unpaired) electrons. The summed E-state index contributed by atoms with van der Waals surface area (Å²) in [7, 11) is 0. The van der Waals surface area contributed by atoms with Crippen molar-refractivity contribution in [3.8, 4) is 0 Å². The van der Waals surface area contributed by atoms with Crippen LogP contribution < -0.4 is 5.32 Å². The summed E-state index contributed by atoms with van der Waals surface area (Å²) in [5, 5.41) is 3.24. The van der Waals surface area contributed by atoms with Crippen molar-refractivity contribution in [1.82, 2.24) is 15.1 Å². The van der Waals surface area contributed by atoms with E-state index >= 15 is 0 Å². The largest absolute Gasteiger partial charge is 0.340 e. The molecule has 2 unspecified atom stereocenters. The summed E-state index contributed by atoms with van der Waals surface area (Å²) >= 11 is 0. The van der Waals surface area contributed by atoms with Crippen molar-refractivity contribution < 1.29 is 4.79 Å². The van der Waals surface area contributed by atoms with Crippen molar-refractivity contribution in [2.75, 3.05) is 39.3 Å². The van der Waals surface area contributed by atoms with Crippen molar-refractivity contribution in [2.45, 2.75) is 33.7 Å². The molecule has 1 rings (SSSR count). The van der Waals surface area contributed by atoms with Crippen LogP contribution in [0.4, 0.5) is 0 Å². The number of nitrogens with one attached hydrogen (secondary N) is 1. The van der Waals surface area contributed by atoms with Crippen molar-refractivity contribution in [1.29, 1.82) is 0 Å². The maximum atomic E-state index is 12.2. The average molecular weight is 241 g/mol. The fourth-order valence-corrected chi connectivity index (χ4v) is 2.43. The topological polar surface area (TPSA) is 35.6 Å². The van der Waals surface area contributed by atoms with Gasteiger partial charge in [0.05, 0.1) is 0 Å². The second-order valence-corrected chi connectivity index (χ2v) is 4.97. The molecule has 100 valence electrons. The van der Waals surface area contributed by atoms with E-state index in [0.29, 0.717) is 11.9 Å². The molecule has 0 aromatic carbocycles. The third kappa shape index (κ3) is 3.96. The number of piperazine rings is 1. The van der Waals surface area contributed by atoms with Crippen molar-refractivity contribution in [3.63, 3.8) is 0 Å². The van der Waals surface area contributed by atoms with Gasteiger partial charge in [-0.2, -0.15) is 0 Å². The number of likely N-dealkylation sites (N-methyl/N-ethyl adjacent to an activating group) is 1. The first-order chi connectivity index (χ1) is 8.10. The number of amides is 1. The number of carbonyl (C=O) groups excluding carboxylic acids is 1. The van der Waals surface area contributed by atoms with E-state index in [-0.39, 0.29) is 5.92 Å². The van der Waals surface area contributed by atoms with Crippen LogP contribution in [-0.4, -0.2) is 61.0 Å². The zero-order chi connectivity index (χ0) is 12.8. The third-order valence-corrected chi connectivity index (χ3v) is 3.61. The lowest BCUT2D eigenvalue weighted by Gasteiger charge is -2.40. The molecular formula is C13H27N3O. The first-order valence-electron chi connectivity index (χ1n) is 6.83. The summed E-state index contributed by atoms with van der Waals surface area (Å²) in [4.78, 5) is 16.7. The Balaban J connectivity index is 2.43. The molecule has 1 heterocycles. The molecule has 0 spiro atoms. The van der Waals surface area contributed by atoms with Crippen LogP contribution in [0.5, 0.6) is 0 Å². The van der Waals surface area contributed by atoms with Gasteiger partial charge in [-0.05, 0) is 20.0 Å². The molecule has 4 nitrogen and oxygen atoms in total. The Bertz CT molecular complexity index is 245. The van der Waals surface area contributed by atoms with Crippen LogP contribution in [0.2, 0.25) is 0 Å². The van der Waals surface area contributed by atoms with Gasteiger partial charge in [0.1, 0.15) is 0 Å². The highest BCUT2D eigenvalue weighted by Gasteiger charge is 2.27. The van der Waals surface area contributed by atoms with E-state index in [0.717, 1.165) is 39.3 Å². The minimum absolute atomic E-state index is 0.0929. The summed E-state index contributed by atoms with van der Waals surface area (Å²) in [5.41, 5.74) is 0. The predicted octanol–water partition coefficient (Wildman–Crippen LogP) is 0.785. The van der Waals surface area contributed by atoms with Gasteiger partial charge in [-0.25, -0.2) is 0 Å². The highest BCUT2D eigenvalue weighted by atomic mass is 16.2. The Morgan fingerprint density at radius 1 is 1.41 bits per heavy atom. The Labute approximate surface area is 105 Å². The van der Waals surface area contributed by atoms with E-state index in [2.05, 4.69) is 31.0 Å². The quantitative estimate of drug-likeness (QED) is 0.773. The molecule has 0 aromatic heterocycles. The number of hydrogen-bond donors (Lipinski definition) is 1. The highest BCUT2D eigenvalue weighted by molar-refractivity contribution is 5.78. The van der Waals surface area contributed by atoms with Gasteiger partial charge in [-0.3, -0.25) is 9.69 Å². The lowest BCUT2D eigenvalue weighted by atomic mass is 10.1. The summed E-state index contributed by atoms with van der Waals surface area (Å²) in [6.07, 6.45) is 0. The van der Waals surface area contributed by atoms with Gasteiger partial charge in [0.2, 0.25) is 5.91 Å². The normalized spacial score (nSPS) is 23.8. The smallest absolute Gasteiger partial charge is 0.226 e. The molecule has 4 heteroatoms. The molecule has 17 heavy (non-hydrogen) atoms. The minimum atomic E-state index is 0.0929. The lowest BCUT2D eigenvalue weighted by molar-refractivity contribution is -0.137. The van der Waals surface area contributed by atoms with Gasteiger partial charge in [0.15, 0.2) is 0 Å². The molecule has 2 atom stereocenters. The van der Waals surface area contributed by atoms with Crippen LogP contribution in [0.15, 0.2) is 0 Å². The zero-order valence-electron chi connectivity index (χ0n) is 11.7. The maximum Gasteiger partial charge on any atom is 0.226 e. The minimum Gasteiger partial charge on any atom is -0.340 e. The summed E-state index contributed by atoms with van der Waals surface area (Å²) in [6.45, 7) is 14.0. The fourth-order valence-electron chi connectivity index (χ4n) is 2.43. The summed E-state index contributed by atoms with van der Waals surface area (Å²) in [6, 6.07) is 0.490. The van der Waals surface area contributed by atoms with E-state index in [1.807, 2.05) is 11.8 Å². The molecular weight excluding hydrogens is 214 g/mol. The Kier molecular flexibility index (Phi) is 5.92. The van der Waals surface area contributed by atoms with E-state index in [1.54, 1.807) is 0 Å². The van der Waals surface area contributed by atoms with Gasteiger partial charge < -0.3 is 10.2 Å². The van der Waals surface area contributed by atoms with Gasteiger partial charge in [0.25, 0.3) is 0 Å². The number of carbonyl (C=O) groups is 1. The zero-order valence-corrected chi connectivity index (χ0v) is 11.7. The monoisotopic (exact) mass is 241 g/mol. The first kappa shape index (κ1) is 14.5. The number of nitrogens with zero attached hydrogens (tertiary/aromatic N) is 2. The van der Waals surface area contributed by atoms with Crippen LogP contribution in [0.25, 0.3) is 0 Å². The lowest BCUT2D eigenvalue weighted by Crippen LogP contribution is -2.55. The second kappa shape index (κ2) is 6.97. The Morgan fingerprint density at radius 3 is 2.65 bits per heavy atom. The van der Waals surface area contributed by atoms with E-state index in [4.69, 9.17) is 0 Å². The van der Waals surface area contributed by atoms with Crippen LogP contribution in [0.3, 0.4) is 0 Å². The Hall–Kier alpha value is -0.610. The average Bonchev–Trinajstić information content (AvgIpc) is 2.34. The van der Waals surface area contributed by atoms with Crippen LogP contribution >= 0.6 is 0 Å². The molecule has 1 aliphatic heterocycles. The van der Waals surface area contributed by atoms with Crippen molar-refractivity contribution in [3.05, 3.63) is 0 Å². The van der Waals surface area contributed by atoms with Crippen molar-refractivity contribution >= 4 is 5.91 Å². The number of hydrogen-bond acceptors (Lipinski definition) is 3. The van der Waals surface area contributed by atoms with Crippen LogP contribution in [0.1, 0.15) is 27.7 Å². The fraction of sp³-hybridized carbons (Fsp3) is 0.923. The summed E-state index contributed by atoms with van der Waals surface area (Å²) < 4.78 is 0. The maximum absolute atomic E-state index is 12.2. The molecule has 1 N–H and O–H groups in total. The van der Waals surface area contributed by atoms with E-state index in [9.17, 15) is 4.79 Å². The SMILES string of the molecule is CCNCC(C)C(=O)N1CCN(CC)C(C)C1. The van der Waals surface area contributed by atoms with E-state index in [1.165, 1.54) is 0 Å². The van der Waals surface area contributed by atoms with E-state index < -0.39 is 0 Å². The predicted molar refractivity (Wildman–Crippen MR) is 71.0 cm³/mol. The third-order valence-electron chi connectivity index (χ3n) is 3.61. The molecule has 0 aliphatic carbocycles. The molecule has 1 saturated heterocycles. The molecule has 1 aliphatic rings. The summed E-state index contributed by atoms with van der Waals surface area (Å²) in [5.74, 6) is 0.392. The molecule has 0 bridgehead atoms. The first-order valence-corrected chi connectivity index (χ1v) is 6.83. The van der Waals surface area contributed by atoms with Gasteiger partial charge in [-0.1, -0.05) is 20.8 Å². The van der Waals surface area contributed by atoms with Crippen LogP contribution in [-0.2, 0) is 4.79 Å². The standard InChI is InChI=1S/C13H27N3O/c1-5-14-9-11(3)13(17)16-8-7-15(6-2)12(4)10-16/h11-12,14H,5-10H2,1-4H3. The van der Waals surface area contributed by atoms with Crippen molar-refractivity contribution in [2.24, 2.45) is 5.92 Å². The van der Waals surface area contributed by atoms with Gasteiger partial charge in [0, 0.05) is 38.1 Å². The second-order valence-electron chi connectivity index (χ2n) is 4.97. The van der Waals surface area contributed by atoms with Gasteiger partial charge in [-0.15, -0.1) is 0 Å². The highest BCUT2D eigenvalue weighted by Crippen LogP contribution is 2.11.